The predicted molar refractivity (Wildman–Crippen MR) is 80.4 cm³/mol. The molecule has 0 aromatic rings. The van der Waals surface area contributed by atoms with Crippen LogP contribution in [0.5, 0.6) is 0 Å². The lowest BCUT2D eigenvalue weighted by atomic mass is 9.72. The Kier molecular flexibility index (Phi) is 3.71. The topological polar surface area (TPSA) is 50.4 Å². The Morgan fingerprint density at radius 2 is 1.65 bits per heavy atom. The van der Waals surface area contributed by atoms with Crippen LogP contribution in [0.1, 0.15) is 73.6 Å². The van der Waals surface area contributed by atoms with E-state index in [0.717, 1.165) is 32.1 Å². The highest BCUT2D eigenvalue weighted by Gasteiger charge is 2.59. The van der Waals surface area contributed by atoms with Gasteiger partial charge in [0.05, 0.1) is 0 Å². The van der Waals surface area contributed by atoms with Crippen molar-refractivity contribution in [3.63, 3.8) is 0 Å². The molecular formula is C16H30N2O2. The minimum atomic E-state index is -0.680. The van der Waals surface area contributed by atoms with Gasteiger partial charge in [-0.1, -0.05) is 13.3 Å². The summed E-state index contributed by atoms with van der Waals surface area (Å²) in [5, 5.41) is 6.73. The molecule has 4 nitrogen and oxygen atoms in total. The van der Waals surface area contributed by atoms with Crippen molar-refractivity contribution < 1.29 is 9.53 Å². The van der Waals surface area contributed by atoms with Gasteiger partial charge in [-0.2, -0.15) is 0 Å². The third-order valence-electron chi connectivity index (χ3n) is 4.35. The first-order valence-corrected chi connectivity index (χ1v) is 7.84. The molecule has 2 fully saturated rings. The molecule has 2 rings (SSSR count). The molecule has 1 unspecified atom stereocenters. The molecular weight excluding hydrogens is 252 g/mol. The summed E-state index contributed by atoms with van der Waals surface area (Å²) in [4.78, 5) is 12.6. The summed E-state index contributed by atoms with van der Waals surface area (Å²) >= 11 is 0. The molecule has 0 radical (unpaired) electrons. The molecule has 2 aliphatic rings. The lowest BCUT2D eigenvalue weighted by Crippen LogP contribution is -2.65. The zero-order valence-corrected chi connectivity index (χ0v) is 13.9. The minimum Gasteiger partial charge on any atom is -0.340 e. The second-order valence-corrected chi connectivity index (χ2v) is 8.13. The molecule has 2 N–H and O–H groups in total. The van der Waals surface area contributed by atoms with E-state index < -0.39 is 11.3 Å². The van der Waals surface area contributed by atoms with Crippen LogP contribution in [0.15, 0.2) is 0 Å². The highest BCUT2D eigenvalue weighted by Crippen LogP contribution is 2.44. The average molecular weight is 282 g/mol. The fourth-order valence-corrected chi connectivity index (χ4v) is 4.21. The number of carbonyl (C=O) groups excluding carboxylic acids is 1. The van der Waals surface area contributed by atoms with Gasteiger partial charge in [0.1, 0.15) is 5.72 Å². The van der Waals surface area contributed by atoms with Gasteiger partial charge in [0, 0.05) is 23.9 Å². The van der Waals surface area contributed by atoms with Gasteiger partial charge in [-0.3, -0.25) is 4.79 Å². The molecule has 4 heteroatoms. The Hall–Kier alpha value is -0.610. The Labute approximate surface area is 123 Å². The van der Waals surface area contributed by atoms with E-state index in [-0.39, 0.29) is 17.0 Å². The van der Waals surface area contributed by atoms with Crippen molar-refractivity contribution in [2.75, 3.05) is 0 Å². The predicted octanol–water partition coefficient (Wildman–Crippen LogP) is 2.72. The Balaban J connectivity index is 2.24. The summed E-state index contributed by atoms with van der Waals surface area (Å²) in [5.41, 5.74) is -1.39. The molecule has 1 spiro atoms. The highest BCUT2D eigenvalue weighted by molar-refractivity contribution is 5.88. The lowest BCUT2D eigenvalue weighted by Gasteiger charge is -2.50. The number of hydrogen-bond acceptors (Lipinski definition) is 3. The standard InChI is InChI=1S/C16H30N2O2/c1-7-8-9-15(6)17-12(19)16(20-15)10-13(2,3)18-14(4,5)11-16/h18H,7-11H2,1-6H3,(H,17,19). The van der Waals surface area contributed by atoms with Gasteiger partial charge in [-0.05, 0) is 47.5 Å². The van der Waals surface area contributed by atoms with Gasteiger partial charge in [-0.15, -0.1) is 0 Å². The van der Waals surface area contributed by atoms with E-state index in [4.69, 9.17) is 4.74 Å². The Morgan fingerprint density at radius 3 is 2.15 bits per heavy atom. The van der Waals surface area contributed by atoms with Crippen molar-refractivity contribution in [1.82, 2.24) is 10.6 Å². The lowest BCUT2D eigenvalue weighted by molar-refractivity contribution is -0.159. The molecule has 116 valence electrons. The quantitative estimate of drug-likeness (QED) is 0.837. The first-order chi connectivity index (χ1) is 9.02. The molecule has 0 aromatic carbocycles. The van der Waals surface area contributed by atoms with E-state index in [1.165, 1.54) is 0 Å². The van der Waals surface area contributed by atoms with Crippen molar-refractivity contribution >= 4 is 5.91 Å². The molecule has 2 aliphatic heterocycles. The molecule has 2 saturated heterocycles. The number of carbonyl (C=O) groups is 1. The van der Waals surface area contributed by atoms with Crippen LogP contribution in [0.3, 0.4) is 0 Å². The molecule has 1 atom stereocenters. The monoisotopic (exact) mass is 282 g/mol. The molecule has 0 aliphatic carbocycles. The summed E-state index contributed by atoms with van der Waals surface area (Å²) < 4.78 is 6.36. The number of ether oxygens (including phenoxy) is 1. The third kappa shape index (κ3) is 3.01. The first kappa shape index (κ1) is 15.8. The van der Waals surface area contributed by atoms with E-state index in [2.05, 4.69) is 45.3 Å². The summed E-state index contributed by atoms with van der Waals surface area (Å²) in [6.07, 6.45) is 4.50. The van der Waals surface area contributed by atoms with E-state index in [1.807, 2.05) is 6.92 Å². The number of nitrogens with one attached hydrogen (secondary N) is 2. The van der Waals surface area contributed by atoms with Gasteiger partial charge >= 0.3 is 0 Å². The van der Waals surface area contributed by atoms with Gasteiger partial charge < -0.3 is 15.4 Å². The van der Waals surface area contributed by atoms with Crippen molar-refractivity contribution in [3.05, 3.63) is 0 Å². The maximum Gasteiger partial charge on any atom is 0.254 e. The number of amides is 1. The fourth-order valence-electron chi connectivity index (χ4n) is 4.21. The Morgan fingerprint density at radius 1 is 1.10 bits per heavy atom. The summed E-state index contributed by atoms with van der Waals surface area (Å²) in [6, 6.07) is 0. The normalized spacial score (nSPS) is 34.2. The highest BCUT2D eigenvalue weighted by atomic mass is 16.6. The number of unbranched alkanes of at least 4 members (excludes halogenated alkanes) is 1. The third-order valence-corrected chi connectivity index (χ3v) is 4.35. The molecule has 0 aromatic heterocycles. The molecule has 2 heterocycles. The minimum absolute atomic E-state index is 0.0683. The van der Waals surface area contributed by atoms with Crippen molar-refractivity contribution in [1.29, 1.82) is 0 Å². The summed E-state index contributed by atoms with van der Waals surface area (Å²) in [5.74, 6) is 0.0683. The molecule has 1 amide bonds. The second-order valence-electron chi connectivity index (χ2n) is 8.13. The van der Waals surface area contributed by atoms with Crippen molar-refractivity contribution in [2.24, 2.45) is 0 Å². The largest absolute Gasteiger partial charge is 0.340 e. The average Bonchev–Trinajstić information content (AvgIpc) is 2.42. The van der Waals surface area contributed by atoms with Gasteiger partial charge in [0.2, 0.25) is 0 Å². The van der Waals surface area contributed by atoms with Crippen LogP contribution < -0.4 is 10.6 Å². The first-order valence-electron chi connectivity index (χ1n) is 7.84. The SMILES string of the molecule is CCCCC1(C)NC(=O)C2(CC(C)(C)NC(C)(C)C2)O1. The van der Waals surface area contributed by atoms with Crippen molar-refractivity contribution in [3.8, 4) is 0 Å². The fraction of sp³-hybridized carbons (Fsp3) is 0.938. The van der Waals surface area contributed by atoms with Gasteiger partial charge in [0.25, 0.3) is 5.91 Å². The summed E-state index contributed by atoms with van der Waals surface area (Å²) in [7, 11) is 0. The van der Waals surface area contributed by atoms with Crippen molar-refractivity contribution in [2.45, 2.75) is 96.1 Å². The van der Waals surface area contributed by atoms with Crippen LogP contribution in [-0.2, 0) is 9.53 Å². The van der Waals surface area contributed by atoms with Crippen LogP contribution in [0.25, 0.3) is 0 Å². The molecule has 0 saturated carbocycles. The smallest absolute Gasteiger partial charge is 0.254 e. The number of hydrogen-bond donors (Lipinski definition) is 2. The van der Waals surface area contributed by atoms with E-state index in [1.54, 1.807) is 0 Å². The second kappa shape index (κ2) is 4.70. The van der Waals surface area contributed by atoms with Crippen LogP contribution in [0.2, 0.25) is 0 Å². The van der Waals surface area contributed by atoms with E-state index in [0.29, 0.717) is 0 Å². The maximum atomic E-state index is 12.6. The molecule has 20 heavy (non-hydrogen) atoms. The van der Waals surface area contributed by atoms with Crippen LogP contribution in [0, 0.1) is 0 Å². The Bertz CT molecular complexity index is 387. The maximum absolute atomic E-state index is 12.6. The molecule has 0 bridgehead atoms. The van der Waals surface area contributed by atoms with Crippen LogP contribution >= 0.6 is 0 Å². The van der Waals surface area contributed by atoms with Gasteiger partial charge in [0.15, 0.2) is 5.60 Å². The van der Waals surface area contributed by atoms with Crippen LogP contribution in [0.4, 0.5) is 0 Å². The van der Waals surface area contributed by atoms with Crippen LogP contribution in [-0.4, -0.2) is 28.3 Å². The number of piperidine rings is 1. The zero-order valence-electron chi connectivity index (χ0n) is 13.9. The summed E-state index contributed by atoms with van der Waals surface area (Å²) in [6.45, 7) is 12.8. The zero-order chi connectivity index (χ0) is 15.2. The number of rotatable bonds is 3. The van der Waals surface area contributed by atoms with E-state index >= 15 is 0 Å². The van der Waals surface area contributed by atoms with Gasteiger partial charge in [-0.25, -0.2) is 0 Å². The van der Waals surface area contributed by atoms with E-state index in [9.17, 15) is 4.79 Å².